The van der Waals surface area contributed by atoms with E-state index in [9.17, 15) is 18.0 Å². The largest absolute Gasteiger partial charge is 0.416 e. The summed E-state index contributed by atoms with van der Waals surface area (Å²) in [6.07, 6.45) is -0.0886. The Hall–Kier alpha value is -1.02. The highest BCUT2D eigenvalue weighted by molar-refractivity contribution is 5.94. The van der Waals surface area contributed by atoms with Gasteiger partial charge in [-0.3, -0.25) is 9.69 Å². The summed E-state index contributed by atoms with van der Waals surface area (Å²) < 4.78 is 38.9. The molecule has 1 saturated heterocycles. The van der Waals surface area contributed by atoms with Gasteiger partial charge in [0, 0.05) is 12.2 Å². The molecule has 1 aliphatic heterocycles. The zero-order valence-corrected chi connectivity index (χ0v) is 16.3. The molecule has 1 aliphatic rings. The van der Waals surface area contributed by atoms with Gasteiger partial charge in [-0.25, -0.2) is 0 Å². The van der Waals surface area contributed by atoms with Gasteiger partial charge in [0.25, 0.3) is 0 Å². The maximum Gasteiger partial charge on any atom is 0.416 e. The third-order valence-corrected chi connectivity index (χ3v) is 4.39. The van der Waals surface area contributed by atoms with E-state index in [2.05, 4.69) is 10.2 Å². The van der Waals surface area contributed by atoms with Crippen molar-refractivity contribution in [3.63, 3.8) is 0 Å². The van der Waals surface area contributed by atoms with Crippen molar-refractivity contribution < 1.29 is 18.0 Å². The lowest BCUT2D eigenvalue weighted by atomic mass is 10.1. The number of alkyl halides is 3. The lowest BCUT2D eigenvalue weighted by Gasteiger charge is -2.26. The molecule has 1 fully saturated rings. The van der Waals surface area contributed by atoms with Crippen LogP contribution in [-0.2, 0) is 17.5 Å². The molecule has 26 heavy (non-hydrogen) atoms. The molecule has 3 N–H and O–H groups in total. The smallest absolute Gasteiger partial charge is 0.326 e. The number of nitrogens with one attached hydrogen (secondary N) is 1. The molecule has 9 heteroatoms. The molecule has 150 valence electrons. The van der Waals surface area contributed by atoms with E-state index in [1.807, 2.05) is 0 Å². The number of nitrogens with zero attached hydrogens (tertiary/aromatic N) is 1. The van der Waals surface area contributed by atoms with Crippen molar-refractivity contribution in [2.45, 2.75) is 51.4 Å². The standard InChI is InChI=1S/C17H24F3N3O.2ClH/c1-12(23-6-4-2-3-5-7-23)16(24)22-15-9-13(11-21)8-14(10-15)17(18,19)20;;/h8-10,12H,2-7,11,21H2,1H3,(H,22,24);2*1H. The number of carbonyl (C=O) groups is 1. The number of benzene rings is 1. The van der Waals surface area contributed by atoms with E-state index in [1.54, 1.807) is 6.92 Å². The lowest BCUT2D eigenvalue weighted by molar-refractivity contribution is -0.137. The SMILES string of the molecule is CC(C(=O)Nc1cc(CN)cc(C(F)(F)F)c1)N1CCCCCC1.Cl.Cl. The molecule has 0 bridgehead atoms. The van der Waals surface area contributed by atoms with Crippen molar-refractivity contribution in [2.75, 3.05) is 18.4 Å². The van der Waals surface area contributed by atoms with Crippen LogP contribution in [0.15, 0.2) is 18.2 Å². The van der Waals surface area contributed by atoms with Gasteiger partial charge in [0.1, 0.15) is 0 Å². The third kappa shape index (κ3) is 6.95. The van der Waals surface area contributed by atoms with Crippen LogP contribution >= 0.6 is 24.8 Å². The van der Waals surface area contributed by atoms with Gasteiger partial charge in [0.05, 0.1) is 11.6 Å². The van der Waals surface area contributed by atoms with Crippen LogP contribution in [0, 0.1) is 0 Å². The molecule has 1 amide bonds. The highest BCUT2D eigenvalue weighted by Crippen LogP contribution is 2.32. The molecule has 2 rings (SSSR count). The Balaban J connectivity index is 0.00000312. The van der Waals surface area contributed by atoms with Crippen molar-refractivity contribution >= 4 is 36.4 Å². The highest BCUT2D eigenvalue weighted by atomic mass is 35.5. The Labute approximate surface area is 164 Å². The summed E-state index contributed by atoms with van der Waals surface area (Å²) in [6.45, 7) is 3.45. The van der Waals surface area contributed by atoms with Crippen molar-refractivity contribution in [2.24, 2.45) is 5.73 Å². The Morgan fingerprint density at radius 3 is 2.23 bits per heavy atom. The number of hydrogen-bond donors (Lipinski definition) is 2. The second-order valence-electron chi connectivity index (χ2n) is 6.24. The molecule has 1 atom stereocenters. The molecule has 1 aromatic rings. The molecule has 0 radical (unpaired) electrons. The normalized spacial score (nSPS) is 16.7. The number of carbonyl (C=O) groups excluding carboxylic acids is 1. The predicted octanol–water partition coefficient (Wildman–Crippen LogP) is 4.21. The van der Waals surface area contributed by atoms with Crippen LogP contribution in [0.1, 0.15) is 43.7 Å². The average molecular weight is 416 g/mol. The lowest BCUT2D eigenvalue weighted by Crippen LogP contribution is -2.42. The fourth-order valence-corrected chi connectivity index (χ4v) is 2.94. The maximum atomic E-state index is 13.0. The van der Waals surface area contributed by atoms with Gasteiger partial charge >= 0.3 is 6.18 Å². The summed E-state index contributed by atoms with van der Waals surface area (Å²) in [5, 5.41) is 2.61. The number of amides is 1. The van der Waals surface area contributed by atoms with E-state index in [4.69, 9.17) is 5.73 Å². The van der Waals surface area contributed by atoms with E-state index in [1.165, 1.54) is 6.07 Å². The Morgan fingerprint density at radius 2 is 1.73 bits per heavy atom. The fourth-order valence-electron chi connectivity index (χ4n) is 2.94. The summed E-state index contributed by atoms with van der Waals surface area (Å²) in [6, 6.07) is 3.07. The van der Waals surface area contributed by atoms with Crippen molar-refractivity contribution in [3.8, 4) is 0 Å². The van der Waals surface area contributed by atoms with E-state index in [0.717, 1.165) is 50.9 Å². The molecule has 0 saturated carbocycles. The predicted molar refractivity (Wildman–Crippen MR) is 102 cm³/mol. The number of anilines is 1. The molecule has 1 unspecified atom stereocenters. The van der Waals surface area contributed by atoms with Crippen LogP contribution in [0.5, 0.6) is 0 Å². The number of hydrogen-bond acceptors (Lipinski definition) is 3. The Morgan fingerprint density at radius 1 is 1.15 bits per heavy atom. The first-order chi connectivity index (χ1) is 11.3. The number of rotatable bonds is 4. The third-order valence-electron chi connectivity index (χ3n) is 4.39. The topological polar surface area (TPSA) is 58.4 Å². The van der Waals surface area contributed by atoms with Crippen molar-refractivity contribution in [1.82, 2.24) is 4.90 Å². The van der Waals surface area contributed by atoms with Gasteiger partial charge in [0.15, 0.2) is 0 Å². The second kappa shape index (κ2) is 11.0. The minimum atomic E-state index is -4.47. The monoisotopic (exact) mass is 415 g/mol. The van der Waals surface area contributed by atoms with E-state index < -0.39 is 11.7 Å². The fraction of sp³-hybridized carbons (Fsp3) is 0.588. The second-order valence-corrected chi connectivity index (χ2v) is 6.24. The summed E-state index contributed by atoms with van der Waals surface area (Å²) in [4.78, 5) is 14.5. The van der Waals surface area contributed by atoms with Gasteiger partial charge in [-0.15, -0.1) is 24.8 Å². The minimum Gasteiger partial charge on any atom is -0.326 e. The van der Waals surface area contributed by atoms with Gasteiger partial charge in [-0.1, -0.05) is 12.8 Å². The molecule has 0 aromatic heterocycles. The van der Waals surface area contributed by atoms with Crippen LogP contribution in [-0.4, -0.2) is 29.9 Å². The average Bonchev–Trinajstić information content (AvgIpc) is 2.82. The molecule has 1 heterocycles. The molecule has 0 aliphatic carbocycles. The summed E-state index contributed by atoms with van der Waals surface area (Å²) in [5.74, 6) is -0.292. The maximum absolute atomic E-state index is 13.0. The van der Waals surface area contributed by atoms with Crippen LogP contribution in [0.25, 0.3) is 0 Å². The molecular weight excluding hydrogens is 390 g/mol. The first-order valence-electron chi connectivity index (χ1n) is 8.27. The zero-order chi connectivity index (χ0) is 17.7. The minimum absolute atomic E-state index is 0. The highest BCUT2D eigenvalue weighted by Gasteiger charge is 2.31. The summed E-state index contributed by atoms with van der Waals surface area (Å²) in [7, 11) is 0. The Kier molecular flexibility index (Phi) is 10.5. The van der Waals surface area contributed by atoms with Gasteiger partial charge < -0.3 is 11.1 Å². The first kappa shape index (κ1) is 25.0. The Bertz CT molecular complexity index is 577. The number of likely N-dealkylation sites (tertiary alicyclic amines) is 1. The first-order valence-corrected chi connectivity index (χ1v) is 8.27. The van der Waals surface area contributed by atoms with Gasteiger partial charge in [0.2, 0.25) is 5.91 Å². The zero-order valence-electron chi connectivity index (χ0n) is 14.6. The van der Waals surface area contributed by atoms with E-state index in [-0.39, 0.29) is 49.0 Å². The van der Waals surface area contributed by atoms with Gasteiger partial charge in [-0.05, 0) is 56.6 Å². The van der Waals surface area contributed by atoms with Crippen molar-refractivity contribution in [3.05, 3.63) is 29.3 Å². The molecule has 0 spiro atoms. The van der Waals surface area contributed by atoms with Crippen molar-refractivity contribution in [1.29, 1.82) is 0 Å². The quantitative estimate of drug-likeness (QED) is 0.773. The molecular formula is C17H26Cl2F3N3O. The number of nitrogens with two attached hydrogens (primary N) is 1. The molecule has 4 nitrogen and oxygen atoms in total. The summed E-state index contributed by atoms with van der Waals surface area (Å²) in [5.41, 5.74) is 5.14. The van der Waals surface area contributed by atoms with Gasteiger partial charge in [-0.2, -0.15) is 13.2 Å². The molecule has 1 aromatic carbocycles. The van der Waals surface area contributed by atoms with E-state index in [0.29, 0.717) is 5.56 Å². The van der Waals surface area contributed by atoms with Crippen LogP contribution in [0.4, 0.5) is 18.9 Å². The van der Waals surface area contributed by atoms with Crippen LogP contribution in [0.3, 0.4) is 0 Å². The van der Waals surface area contributed by atoms with E-state index >= 15 is 0 Å². The number of halogens is 5. The van der Waals surface area contributed by atoms with Crippen LogP contribution in [0.2, 0.25) is 0 Å². The summed E-state index contributed by atoms with van der Waals surface area (Å²) >= 11 is 0. The van der Waals surface area contributed by atoms with Crippen LogP contribution < -0.4 is 11.1 Å².